The van der Waals surface area contributed by atoms with E-state index < -0.39 is 5.97 Å². The number of aliphatic carboxylic acids is 1. The third-order valence-corrected chi connectivity index (χ3v) is 3.73. The van der Waals surface area contributed by atoms with Crippen LogP contribution in [0.2, 0.25) is 0 Å². The van der Waals surface area contributed by atoms with Gasteiger partial charge in [0.1, 0.15) is 11.7 Å². The second-order valence-electron chi connectivity index (χ2n) is 4.07. The quantitative estimate of drug-likeness (QED) is 0.892. The number of thiophene rings is 1. The van der Waals surface area contributed by atoms with Crippen molar-refractivity contribution in [1.29, 1.82) is 0 Å². The molecule has 2 aromatic rings. The number of hydrogen-bond acceptors (Lipinski definition) is 6. The molecule has 0 amide bonds. The molecular weight excluding hydrogens is 280 g/mol. The van der Waals surface area contributed by atoms with Crippen molar-refractivity contribution in [2.75, 3.05) is 11.9 Å². The van der Waals surface area contributed by atoms with Gasteiger partial charge in [0.2, 0.25) is 5.95 Å². The van der Waals surface area contributed by atoms with E-state index in [4.69, 9.17) is 4.74 Å². The Morgan fingerprint density at radius 1 is 1.65 bits per heavy atom. The van der Waals surface area contributed by atoms with Gasteiger partial charge in [0.05, 0.1) is 6.61 Å². The van der Waals surface area contributed by atoms with Gasteiger partial charge in [-0.15, -0.1) is 16.4 Å². The fourth-order valence-electron chi connectivity index (χ4n) is 1.95. The number of carboxylic acids is 1. The lowest BCUT2D eigenvalue weighted by Crippen LogP contribution is -2.23. The minimum Gasteiger partial charge on any atom is -0.477 e. The first-order valence-electron chi connectivity index (χ1n) is 6.04. The Bertz CT molecular complexity index is 662. The van der Waals surface area contributed by atoms with E-state index in [1.165, 1.54) is 11.3 Å². The summed E-state index contributed by atoms with van der Waals surface area (Å²) in [6, 6.07) is 3.79. The molecule has 0 aliphatic carbocycles. The van der Waals surface area contributed by atoms with E-state index in [2.05, 4.69) is 15.4 Å². The second-order valence-corrected chi connectivity index (χ2v) is 5.05. The molecule has 0 radical (unpaired) electrons. The van der Waals surface area contributed by atoms with E-state index in [1.54, 1.807) is 10.8 Å². The Morgan fingerprint density at radius 2 is 2.50 bits per heavy atom. The average molecular weight is 292 g/mol. The normalized spacial score (nSPS) is 17.1. The highest BCUT2D eigenvalue weighted by Gasteiger charge is 2.28. The first-order chi connectivity index (χ1) is 9.69. The minimum absolute atomic E-state index is 0.0892. The molecule has 20 heavy (non-hydrogen) atoms. The van der Waals surface area contributed by atoms with Crippen LogP contribution in [-0.4, -0.2) is 32.4 Å². The van der Waals surface area contributed by atoms with Crippen LogP contribution >= 0.6 is 11.3 Å². The predicted octanol–water partition coefficient (Wildman–Crippen LogP) is 1.72. The van der Waals surface area contributed by atoms with Crippen LogP contribution in [0.25, 0.3) is 0 Å². The number of rotatable bonds is 4. The fraction of sp³-hybridized carbons (Fsp3) is 0.250. The van der Waals surface area contributed by atoms with Gasteiger partial charge in [-0.05, 0) is 24.4 Å². The summed E-state index contributed by atoms with van der Waals surface area (Å²) in [4.78, 5) is 16.3. The Labute approximate surface area is 118 Å². The molecule has 8 heteroatoms. The van der Waals surface area contributed by atoms with Crippen molar-refractivity contribution in [2.45, 2.75) is 13.0 Å². The van der Waals surface area contributed by atoms with Crippen LogP contribution < -0.4 is 10.1 Å². The Kier molecular flexibility index (Phi) is 3.15. The molecule has 0 bridgehead atoms. The average Bonchev–Trinajstić information content (AvgIpc) is 3.06. The zero-order chi connectivity index (χ0) is 14.1. The molecule has 0 aromatic carbocycles. The molecule has 0 fully saturated rings. The topological polar surface area (TPSA) is 89.3 Å². The number of ether oxygens (including phenoxy) is 1. The van der Waals surface area contributed by atoms with Gasteiger partial charge in [-0.25, -0.2) is 9.48 Å². The highest BCUT2D eigenvalue weighted by atomic mass is 32.1. The number of aromatic nitrogens is 3. The van der Waals surface area contributed by atoms with Crippen molar-refractivity contribution in [3.63, 3.8) is 0 Å². The van der Waals surface area contributed by atoms with Gasteiger partial charge >= 0.3 is 12.0 Å². The van der Waals surface area contributed by atoms with Crippen LogP contribution in [0.15, 0.2) is 29.3 Å². The highest BCUT2D eigenvalue weighted by molar-refractivity contribution is 7.10. The van der Waals surface area contributed by atoms with E-state index in [0.717, 1.165) is 4.88 Å². The molecule has 1 aliphatic rings. The summed E-state index contributed by atoms with van der Waals surface area (Å²) in [6.45, 7) is 2.29. The van der Waals surface area contributed by atoms with E-state index >= 15 is 0 Å². The number of nitrogens with one attached hydrogen (secondary N) is 1. The van der Waals surface area contributed by atoms with Crippen molar-refractivity contribution < 1.29 is 14.6 Å². The van der Waals surface area contributed by atoms with Gasteiger partial charge in [-0.1, -0.05) is 6.07 Å². The standard InChI is InChI=1S/C12H12N4O3S/c1-2-19-12-14-11-13-7(10(17)18)6-8(16(11)15-12)9-4-3-5-20-9/h3-6,8H,2H2,1H3,(H,17,18)(H,13,14,15). The molecule has 0 saturated heterocycles. The summed E-state index contributed by atoms with van der Waals surface area (Å²) >= 11 is 1.53. The predicted molar refractivity (Wildman–Crippen MR) is 73.0 cm³/mol. The van der Waals surface area contributed by atoms with Crippen LogP contribution in [0.4, 0.5) is 5.95 Å². The molecule has 1 unspecified atom stereocenters. The molecule has 2 aromatic heterocycles. The fourth-order valence-corrected chi connectivity index (χ4v) is 2.73. The van der Waals surface area contributed by atoms with Crippen molar-refractivity contribution in [3.8, 4) is 6.01 Å². The minimum atomic E-state index is -1.03. The first kappa shape index (κ1) is 12.7. The van der Waals surface area contributed by atoms with Gasteiger partial charge in [0, 0.05) is 4.88 Å². The summed E-state index contributed by atoms with van der Waals surface area (Å²) in [5, 5.41) is 18.1. The van der Waals surface area contributed by atoms with Crippen molar-refractivity contribution in [2.24, 2.45) is 0 Å². The van der Waals surface area contributed by atoms with Crippen LogP contribution in [-0.2, 0) is 4.79 Å². The van der Waals surface area contributed by atoms with Crippen molar-refractivity contribution in [1.82, 2.24) is 14.8 Å². The Hall–Kier alpha value is -2.35. The number of carboxylic acid groups (broad SMARTS) is 1. The van der Waals surface area contributed by atoms with Crippen molar-refractivity contribution in [3.05, 3.63) is 34.2 Å². The Balaban J connectivity index is 2.05. The number of hydrogen-bond donors (Lipinski definition) is 2. The van der Waals surface area contributed by atoms with Gasteiger partial charge in [-0.2, -0.15) is 4.98 Å². The van der Waals surface area contributed by atoms with Gasteiger partial charge < -0.3 is 15.2 Å². The molecule has 7 nitrogen and oxygen atoms in total. The van der Waals surface area contributed by atoms with Crippen LogP contribution in [0, 0.1) is 0 Å². The van der Waals surface area contributed by atoms with Crippen LogP contribution in [0.1, 0.15) is 17.8 Å². The third kappa shape index (κ3) is 2.14. The molecule has 3 rings (SSSR count). The van der Waals surface area contributed by atoms with E-state index in [0.29, 0.717) is 12.6 Å². The summed E-state index contributed by atoms with van der Waals surface area (Å²) in [5.41, 5.74) is 0.0892. The monoisotopic (exact) mass is 292 g/mol. The third-order valence-electron chi connectivity index (χ3n) is 2.78. The molecule has 3 heterocycles. The summed E-state index contributed by atoms with van der Waals surface area (Å²) in [7, 11) is 0. The lowest BCUT2D eigenvalue weighted by Gasteiger charge is -2.20. The maximum absolute atomic E-state index is 11.2. The molecule has 2 N–H and O–H groups in total. The SMILES string of the molecule is CCOc1nc2n(n1)C(c1cccs1)C=C(C(=O)O)N2. The number of fused-ring (bicyclic) bond motifs is 1. The van der Waals surface area contributed by atoms with Crippen LogP contribution in [0.5, 0.6) is 6.01 Å². The maximum Gasteiger partial charge on any atom is 0.352 e. The zero-order valence-electron chi connectivity index (χ0n) is 10.6. The van der Waals surface area contributed by atoms with E-state index in [9.17, 15) is 9.90 Å². The lowest BCUT2D eigenvalue weighted by atomic mass is 10.2. The highest BCUT2D eigenvalue weighted by Crippen LogP contribution is 2.32. The molecule has 1 aliphatic heterocycles. The van der Waals surface area contributed by atoms with Crippen LogP contribution in [0.3, 0.4) is 0 Å². The van der Waals surface area contributed by atoms with E-state index in [1.807, 2.05) is 24.4 Å². The van der Waals surface area contributed by atoms with Gasteiger partial charge in [0.15, 0.2) is 0 Å². The maximum atomic E-state index is 11.2. The number of allylic oxidation sites excluding steroid dienone is 1. The molecular formula is C12H12N4O3S. The van der Waals surface area contributed by atoms with Gasteiger partial charge in [-0.3, -0.25) is 0 Å². The number of carbonyl (C=O) groups is 1. The van der Waals surface area contributed by atoms with E-state index in [-0.39, 0.29) is 17.7 Å². The summed E-state index contributed by atoms with van der Waals surface area (Å²) < 4.78 is 6.90. The number of anilines is 1. The molecule has 0 spiro atoms. The van der Waals surface area contributed by atoms with Gasteiger partial charge in [0.25, 0.3) is 0 Å². The molecule has 1 atom stereocenters. The summed E-state index contributed by atoms with van der Waals surface area (Å²) in [6.07, 6.45) is 1.62. The Morgan fingerprint density at radius 3 is 3.15 bits per heavy atom. The molecule has 0 saturated carbocycles. The summed E-state index contributed by atoms with van der Waals surface area (Å²) in [5.74, 6) is -0.662. The number of nitrogens with zero attached hydrogens (tertiary/aromatic N) is 3. The first-order valence-corrected chi connectivity index (χ1v) is 6.92. The lowest BCUT2D eigenvalue weighted by molar-refractivity contribution is -0.132. The van der Waals surface area contributed by atoms with Crippen molar-refractivity contribution >= 4 is 23.3 Å². The zero-order valence-corrected chi connectivity index (χ0v) is 11.4. The molecule has 104 valence electrons. The smallest absolute Gasteiger partial charge is 0.352 e. The largest absolute Gasteiger partial charge is 0.477 e. The second kappa shape index (κ2) is 4.97.